The Kier molecular flexibility index (Phi) is 6.36. The minimum Gasteiger partial charge on any atom is -0.496 e. The number of rotatable bonds is 7. The number of ether oxygens (including phenoxy) is 2. The van der Waals surface area contributed by atoms with Crippen LogP contribution < -0.4 is 15.4 Å². The molecule has 0 radical (unpaired) electrons. The average molecular weight is 497 g/mol. The van der Waals surface area contributed by atoms with Crippen LogP contribution in [0.5, 0.6) is 5.75 Å². The maximum atomic E-state index is 13.6. The Balaban J connectivity index is 1.38. The highest BCUT2D eigenvalue weighted by molar-refractivity contribution is 6.02. The molecule has 3 fully saturated rings. The molecular weight excluding hydrogens is 464 g/mol. The first kappa shape index (κ1) is 24.1. The van der Waals surface area contributed by atoms with Gasteiger partial charge in [0.15, 0.2) is 0 Å². The van der Waals surface area contributed by atoms with Gasteiger partial charge >= 0.3 is 5.97 Å². The molecule has 192 valence electrons. The number of esters is 1. The van der Waals surface area contributed by atoms with Gasteiger partial charge < -0.3 is 30.0 Å². The zero-order valence-electron chi connectivity index (χ0n) is 20.6. The number of aromatic amines is 1. The quantitative estimate of drug-likeness (QED) is 0.501. The number of carbonyl (C=O) groups excluding carboxylic acids is 4. The highest BCUT2D eigenvalue weighted by Crippen LogP contribution is 2.55. The molecule has 10 heteroatoms. The number of piperidine rings is 1. The van der Waals surface area contributed by atoms with E-state index < -0.39 is 24.0 Å². The Morgan fingerprint density at radius 3 is 2.69 bits per heavy atom. The van der Waals surface area contributed by atoms with Crippen LogP contribution in [0.25, 0.3) is 10.9 Å². The number of methoxy groups -OCH3 is 2. The average Bonchev–Trinajstić information content (AvgIpc) is 3.28. The lowest BCUT2D eigenvalue weighted by Gasteiger charge is -2.39. The van der Waals surface area contributed by atoms with Crippen LogP contribution in [0.15, 0.2) is 24.3 Å². The first-order valence-electron chi connectivity index (χ1n) is 12.5. The van der Waals surface area contributed by atoms with E-state index in [9.17, 15) is 19.2 Å². The number of carbonyl (C=O) groups is 4. The van der Waals surface area contributed by atoms with Gasteiger partial charge in [0.05, 0.1) is 14.2 Å². The van der Waals surface area contributed by atoms with Crippen molar-refractivity contribution in [3.05, 3.63) is 30.0 Å². The number of hydrogen-bond donors (Lipinski definition) is 3. The molecule has 3 amide bonds. The smallest absolute Gasteiger partial charge is 0.328 e. The van der Waals surface area contributed by atoms with Crippen LogP contribution >= 0.6 is 0 Å². The largest absolute Gasteiger partial charge is 0.496 e. The third-order valence-corrected chi connectivity index (χ3v) is 7.97. The van der Waals surface area contributed by atoms with Gasteiger partial charge in [0.1, 0.15) is 23.5 Å². The number of aromatic nitrogens is 1. The molecule has 3 heterocycles. The van der Waals surface area contributed by atoms with Crippen LogP contribution in [-0.4, -0.2) is 73.0 Å². The molecule has 1 aliphatic carbocycles. The first-order chi connectivity index (χ1) is 17.3. The van der Waals surface area contributed by atoms with Crippen LogP contribution in [0, 0.1) is 11.3 Å². The van der Waals surface area contributed by atoms with Gasteiger partial charge in [-0.15, -0.1) is 0 Å². The molecule has 3 atom stereocenters. The summed E-state index contributed by atoms with van der Waals surface area (Å²) in [5.41, 5.74) is 1.23. The minimum absolute atomic E-state index is 0.0779. The summed E-state index contributed by atoms with van der Waals surface area (Å²) in [6, 6.07) is 5.62. The molecule has 0 unspecified atom stereocenters. The standard InChI is InChI=1S/C26H32N4O6/c1-35-21-5-3-4-17-16(21)13-18(28-17)24(33)30-11-9-26(7-8-26)14-20(30)23(32)29-19(25(34)36-2)12-15-6-10-27-22(15)31/h3-5,13,15,19-20,28H,6-12,14H2,1-2H3,(H,27,31)(H,29,32)/t15-,19-,20-/m0/s1. The molecule has 0 bridgehead atoms. The molecule has 3 aliphatic rings. The van der Waals surface area contributed by atoms with Crippen molar-refractivity contribution in [1.29, 1.82) is 0 Å². The van der Waals surface area contributed by atoms with Gasteiger partial charge in [-0.25, -0.2) is 4.79 Å². The van der Waals surface area contributed by atoms with E-state index >= 15 is 0 Å². The van der Waals surface area contributed by atoms with Gasteiger partial charge in [-0.05, 0) is 62.1 Å². The Labute approximate surface area is 209 Å². The zero-order chi connectivity index (χ0) is 25.4. The van der Waals surface area contributed by atoms with E-state index in [1.807, 2.05) is 18.2 Å². The summed E-state index contributed by atoms with van der Waals surface area (Å²) in [5.74, 6) is -1.09. The SMILES string of the molecule is COC(=O)[C@H](C[C@@H]1CCNC1=O)NC(=O)[C@@H]1CC2(CCN1C(=O)c1cc3c(OC)cccc3[nH]1)CC2. The van der Waals surface area contributed by atoms with Crippen molar-refractivity contribution in [3.63, 3.8) is 0 Å². The molecule has 36 heavy (non-hydrogen) atoms. The summed E-state index contributed by atoms with van der Waals surface area (Å²) >= 11 is 0. The summed E-state index contributed by atoms with van der Waals surface area (Å²) in [4.78, 5) is 56.6. The molecule has 2 aromatic rings. The lowest BCUT2D eigenvalue weighted by Crippen LogP contribution is -2.57. The molecule has 1 aromatic carbocycles. The van der Waals surface area contributed by atoms with Crippen molar-refractivity contribution < 1.29 is 28.7 Å². The fraction of sp³-hybridized carbons (Fsp3) is 0.538. The Bertz CT molecular complexity index is 1200. The normalized spacial score (nSPS) is 23.3. The number of hydrogen-bond acceptors (Lipinski definition) is 6. The number of fused-ring (bicyclic) bond motifs is 1. The molecular formula is C26H32N4O6. The number of likely N-dealkylation sites (tertiary alicyclic amines) is 1. The van der Waals surface area contributed by atoms with Crippen LogP contribution in [0.4, 0.5) is 0 Å². The highest BCUT2D eigenvalue weighted by Gasteiger charge is 2.51. The van der Waals surface area contributed by atoms with Gasteiger partial charge in [0.25, 0.3) is 5.91 Å². The summed E-state index contributed by atoms with van der Waals surface area (Å²) in [7, 11) is 2.84. The topological polar surface area (TPSA) is 130 Å². The maximum absolute atomic E-state index is 13.6. The second kappa shape index (κ2) is 9.48. The Hall–Kier alpha value is -3.56. The van der Waals surface area contributed by atoms with Crippen molar-refractivity contribution in [1.82, 2.24) is 20.5 Å². The second-order valence-electron chi connectivity index (χ2n) is 10.2. The fourth-order valence-electron chi connectivity index (χ4n) is 5.60. The monoisotopic (exact) mass is 496 g/mol. The molecule has 1 spiro atoms. The van der Waals surface area contributed by atoms with E-state index in [-0.39, 0.29) is 29.6 Å². The van der Waals surface area contributed by atoms with E-state index in [4.69, 9.17) is 9.47 Å². The van der Waals surface area contributed by atoms with E-state index in [0.717, 1.165) is 30.2 Å². The molecule has 5 rings (SSSR count). The van der Waals surface area contributed by atoms with Crippen LogP contribution in [0.3, 0.4) is 0 Å². The first-order valence-corrected chi connectivity index (χ1v) is 12.5. The van der Waals surface area contributed by atoms with E-state index in [2.05, 4.69) is 15.6 Å². The van der Waals surface area contributed by atoms with E-state index in [1.54, 1.807) is 18.1 Å². The fourth-order valence-corrected chi connectivity index (χ4v) is 5.60. The van der Waals surface area contributed by atoms with E-state index in [1.165, 1.54) is 7.11 Å². The summed E-state index contributed by atoms with van der Waals surface area (Å²) in [6.07, 6.45) is 4.22. The second-order valence-corrected chi connectivity index (χ2v) is 10.2. The summed E-state index contributed by atoms with van der Waals surface area (Å²) < 4.78 is 10.3. The van der Waals surface area contributed by atoms with Crippen molar-refractivity contribution in [2.75, 3.05) is 27.3 Å². The van der Waals surface area contributed by atoms with Crippen molar-refractivity contribution in [3.8, 4) is 5.75 Å². The van der Waals surface area contributed by atoms with Crippen LogP contribution in [0.1, 0.15) is 49.0 Å². The lowest BCUT2D eigenvalue weighted by atomic mass is 9.87. The van der Waals surface area contributed by atoms with Gasteiger partial charge in [-0.3, -0.25) is 14.4 Å². The highest BCUT2D eigenvalue weighted by atomic mass is 16.5. The van der Waals surface area contributed by atoms with Gasteiger partial charge in [0.2, 0.25) is 11.8 Å². The van der Waals surface area contributed by atoms with Crippen LogP contribution in [0.2, 0.25) is 0 Å². The predicted molar refractivity (Wildman–Crippen MR) is 130 cm³/mol. The maximum Gasteiger partial charge on any atom is 0.328 e. The van der Waals surface area contributed by atoms with E-state index in [0.29, 0.717) is 37.4 Å². The number of nitrogens with one attached hydrogen (secondary N) is 3. The number of benzene rings is 1. The minimum atomic E-state index is -0.956. The number of H-pyrrole nitrogens is 1. The molecule has 1 aromatic heterocycles. The molecule has 1 saturated carbocycles. The third kappa shape index (κ3) is 4.52. The molecule has 10 nitrogen and oxygen atoms in total. The zero-order valence-corrected chi connectivity index (χ0v) is 20.6. The van der Waals surface area contributed by atoms with Gasteiger partial charge in [0, 0.05) is 29.9 Å². The summed E-state index contributed by atoms with van der Waals surface area (Å²) in [5, 5.41) is 6.36. The molecule has 3 N–H and O–H groups in total. The number of nitrogens with zero attached hydrogens (tertiary/aromatic N) is 1. The van der Waals surface area contributed by atoms with Crippen molar-refractivity contribution >= 4 is 34.6 Å². The van der Waals surface area contributed by atoms with Crippen molar-refractivity contribution in [2.24, 2.45) is 11.3 Å². The third-order valence-electron chi connectivity index (χ3n) is 7.97. The number of amides is 3. The van der Waals surface area contributed by atoms with Gasteiger partial charge in [-0.1, -0.05) is 6.07 Å². The molecule has 2 aliphatic heterocycles. The predicted octanol–water partition coefficient (Wildman–Crippen LogP) is 1.75. The van der Waals surface area contributed by atoms with Crippen molar-refractivity contribution in [2.45, 2.75) is 50.6 Å². The van der Waals surface area contributed by atoms with Gasteiger partial charge in [-0.2, -0.15) is 0 Å². The summed E-state index contributed by atoms with van der Waals surface area (Å²) in [6.45, 7) is 1.01. The molecule has 2 saturated heterocycles. The van der Waals surface area contributed by atoms with Crippen LogP contribution in [-0.2, 0) is 19.1 Å². The lowest BCUT2D eigenvalue weighted by molar-refractivity contribution is -0.146. The Morgan fingerprint density at radius 1 is 1.22 bits per heavy atom. The Morgan fingerprint density at radius 2 is 2.03 bits per heavy atom.